The molecule has 0 fully saturated rings. The molecule has 1 aromatic carbocycles. The lowest BCUT2D eigenvalue weighted by molar-refractivity contribution is -0.122. The van der Waals surface area contributed by atoms with Gasteiger partial charge in [-0.25, -0.2) is 0 Å². The van der Waals surface area contributed by atoms with Crippen LogP contribution < -0.4 is 10.8 Å². The number of hydrogen-bond acceptors (Lipinski definition) is 2. The molecule has 1 rings (SSSR count). The number of carbonyl (C=O) groups is 1. The lowest BCUT2D eigenvalue weighted by Crippen LogP contribution is -2.33. The summed E-state index contributed by atoms with van der Waals surface area (Å²) in [5.74, 6) is 0.121. The van der Waals surface area contributed by atoms with E-state index in [2.05, 4.69) is 46.9 Å². The second kappa shape index (κ2) is 9.59. The molecule has 1 aromatic rings. The lowest BCUT2D eigenvalue weighted by Gasteiger charge is -2.28. The Morgan fingerprint density at radius 2 is 1.77 bits per heavy atom. The summed E-state index contributed by atoms with van der Waals surface area (Å²) in [7, 11) is 0. The van der Waals surface area contributed by atoms with Crippen molar-refractivity contribution in [2.45, 2.75) is 86.5 Å². The highest BCUT2D eigenvalue weighted by molar-refractivity contribution is 6.64. The Balaban J connectivity index is 2.75. The Morgan fingerprint density at radius 1 is 1.12 bits per heavy atom. The van der Waals surface area contributed by atoms with Crippen LogP contribution in [0.25, 0.3) is 0 Å². The van der Waals surface area contributed by atoms with Crippen LogP contribution in [0.1, 0.15) is 85.3 Å². The number of carbonyl (C=O) groups excluding carboxylic acids is 1. The lowest BCUT2D eigenvalue weighted by atomic mass is 9.64. The molecule has 0 aliphatic carbocycles. The van der Waals surface area contributed by atoms with Crippen molar-refractivity contribution in [3.63, 3.8) is 0 Å². The molecule has 1 atom stereocenters. The summed E-state index contributed by atoms with van der Waals surface area (Å²) in [5.41, 5.74) is 2.39. The minimum Gasteiger partial charge on any atom is -0.447 e. The molecule has 3 nitrogen and oxygen atoms in total. The highest BCUT2D eigenvalue weighted by Gasteiger charge is 2.23. The van der Waals surface area contributed by atoms with Crippen LogP contribution in [-0.2, 0) is 4.79 Å². The maximum Gasteiger partial charge on any atom is 0.320 e. The van der Waals surface area contributed by atoms with Crippen LogP contribution in [0, 0.1) is 10.8 Å². The fourth-order valence-corrected chi connectivity index (χ4v) is 3.11. The van der Waals surface area contributed by atoms with Gasteiger partial charge in [-0.05, 0) is 41.1 Å². The zero-order valence-electron chi connectivity index (χ0n) is 17.9. The molecule has 0 spiro atoms. The number of amides is 1. The molecule has 1 unspecified atom stereocenters. The van der Waals surface area contributed by atoms with Gasteiger partial charge in [-0.3, -0.25) is 4.79 Å². The van der Waals surface area contributed by atoms with Crippen LogP contribution in [0.5, 0.6) is 0 Å². The number of hydrogen-bond donors (Lipinski definition) is 2. The third-order valence-corrected chi connectivity index (χ3v) is 4.53. The van der Waals surface area contributed by atoms with Crippen LogP contribution >= 0.6 is 0 Å². The number of nitrogens with one attached hydrogen (secondary N) is 1. The molecule has 2 N–H and O–H groups in total. The van der Waals surface area contributed by atoms with Gasteiger partial charge in [-0.15, -0.1) is 0 Å². The Bertz CT molecular complexity index is 570. The first-order valence-corrected chi connectivity index (χ1v) is 9.95. The summed E-state index contributed by atoms with van der Waals surface area (Å²) >= 11 is 0. The van der Waals surface area contributed by atoms with E-state index in [0.717, 1.165) is 36.7 Å². The Kier molecular flexibility index (Phi) is 8.40. The predicted octanol–water partition coefficient (Wildman–Crippen LogP) is 4.71. The van der Waals surface area contributed by atoms with Gasteiger partial charge >= 0.3 is 6.92 Å². The van der Waals surface area contributed by atoms with E-state index in [-0.39, 0.29) is 17.4 Å². The summed E-state index contributed by atoms with van der Waals surface area (Å²) < 4.78 is 0. The Morgan fingerprint density at radius 3 is 2.31 bits per heavy atom. The molecule has 0 heterocycles. The molecule has 0 bridgehead atoms. The predicted molar refractivity (Wildman–Crippen MR) is 113 cm³/mol. The standard InChI is InChI=1S/C22H38BNO2/c1-21(2,3)14-9-8-13-20(25)24-19(16-22(4,5)6)17-11-10-12-18(15-17)23(7)26/h10-12,15,19,26H,8-9,13-14,16H2,1-7H3,(H,24,25). The first-order valence-electron chi connectivity index (χ1n) is 9.95. The van der Waals surface area contributed by atoms with Crippen LogP contribution in [0.2, 0.25) is 6.82 Å². The maximum absolute atomic E-state index is 12.5. The molecule has 26 heavy (non-hydrogen) atoms. The summed E-state index contributed by atoms with van der Waals surface area (Å²) in [5, 5.41) is 13.1. The average molecular weight is 359 g/mol. The van der Waals surface area contributed by atoms with E-state index in [9.17, 15) is 9.82 Å². The normalized spacial score (nSPS) is 13.4. The zero-order chi connectivity index (χ0) is 20.0. The van der Waals surface area contributed by atoms with Crippen molar-refractivity contribution in [3.8, 4) is 0 Å². The molecular formula is C22H38BNO2. The third kappa shape index (κ3) is 9.42. The van der Waals surface area contributed by atoms with E-state index in [0.29, 0.717) is 11.8 Å². The largest absolute Gasteiger partial charge is 0.447 e. The van der Waals surface area contributed by atoms with E-state index in [4.69, 9.17) is 0 Å². The molecule has 1 amide bonds. The van der Waals surface area contributed by atoms with Gasteiger partial charge < -0.3 is 10.3 Å². The summed E-state index contributed by atoms with van der Waals surface area (Å²) in [4.78, 5) is 12.5. The summed E-state index contributed by atoms with van der Waals surface area (Å²) in [6, 6.07) is 7.92. The first kappa shape index (κ1) is 22.8. The Hall–Kier alpha value is -1.29. The van der Waals surface area contributed by atoms with Crippen molar-refractivity contribution in [2.24, 2.45) is 10.8 Å². The van der Waals surface area contributed by atoms with Crippen LogP contribution in [0.4, 0.5) is 0 Å². The van der Waals surface area contributed by atoms with E-state index in [1.807, 2.05) is 24.3 Å². The van der Waals surface area contributed by atoms with Gasteiger partial charge in [0.15, 0.2) is 0 Å². The monoisotopic (exact) mass is 359 g/mol. The van der Waals surface area contributed by atoms with E-state index in [1.54, 1.807) is 6.82 Å². The highest BCUT2D eigenvalue weighted by atomic mass is 16.2. The number of rotatable bonds is 8. The Labute approximate surface area is 161 Å². The van der Waals surface area contributed by atoms with Gasteiger partial charge in [0.05, 0.1) is 6.04 Å². The van der Waals surface area contributed by atoms with Crippen molar-refractivity contribution < 1.29 is 9.82 Å². The van der Waals surface area contributed by atoms with Crippen molar-refractivity contribution in [1.29, 1.82) is 0 Å². The van der Waals surface area contributed by atoms with Crippen molar-refractivity contribution in [1.82, 2.24) is 5.32 Å². The molecule has 0 aliphatic rings. The molecule has 146 valence electrons. The van der Waals surface area contributed by atoms with Gasteiger partial charge in [-0.2, -0.15) is 0 Å². The second-order valence-electron chi connectivity index (χ2n) is 10.00. The van der Waals surface area contributed by atoms with Gasteiger partial charge in [-0.1, -0.05) is 79.1 Å². The molecule has 0 saturated heterocycles. The van der Waals surface area contributed by atoms with Crippen molar-refractivity contribution in [2.75, 3.05) is 0 Å². The molecular weight excluding hydrogens is 321 g/mol. The molecule has 0 saturated carbocycles. The maximum atomic E-state index is 12.5. The fraction of sp³-hybridized carbons (Fsp3) is 0.682. The average Bonchev–Trinajstić information content (AvgIpc) is 2.49. The fourth-order valence-electron chi connectivity index (χ4n) is 3.11. The molecule has 0 radical (unpaired) electrons. The third-order valence-electron chi connectivity index (χ3n) is 4.53. The summed E-state index contributed by atoms with van der Waals surface area (Å²) in [6.45, 7) is 14.5. The minimum atomic E-state index is -0.502. The van der Waals surface area contributed by atoms with Gasteiger partial charge in [0, 0.05) is 6.42 Å². The van der Waals surface area contributed by atoms with Gasteiger partial charge in [0.1, 0.15) is 0 Å². The zero-order valence-corrected chi connectivity index (χ0v) is 17.9. The topological polar surface area (TPSA) is 49.3 Å². The first-order chi connectivity index (χ1) is 11.9. The second-order valence-corrected chi connectivity index (χ2v) is 10.00. The quantitative estimate of drug-likeness (QED) is 0.522. The molecule has 0 aromatic heterocycles. The number of benzene rings is 1. The SMILES string of the molecule is CB(O)c1cccc(C(CC(C)(C)C)NC(=O)CCCCC(C)(C)C)c1. The van der Waals surface area contributed by atoms with Crippen molar-refractivity contribution in [3.05, 3.63) is 29.8 Å². The van der Waals surface area contributed by atoms with Crippen molar-refractivity contribution >= 4 is 18.3 Å². The summed E-state index contributed by atoms with van der Waals surface area (Å²) in [6.07, 6.45) is 4.59. The number of unbranched alkanes of at least 4 members (excludes halogenated alkanes) is 1. The molecule has 4 heteroatoms. The van der Waals surface area contributed by atoms with E-state index in [1.165, 1.54) is 0 Å². The van der Waals surface area contributed by atoms with Crippen LogP contribution in [0.15, 0.2) is 24.3 Å². The van der Waals surface area contributed by atoms with Crippen LogP contribution in [-0.4, -0.2) is 17.8 Å². The van der Waals surface area contributed by atoms with E-state index >= 15 is 0 Å². The van der Waals surface area contributed by atoms with E-state index < -0.39 is 6.92 Å². The molecule has 0 aliphatic heterocycles. The highest BCUT2D eigenvalue weighted by Crippen LogP contribution is 2.29. The van der Waals surface area contributed by atoms with Gasteiger partial charge in [0.25, 0.3) is 0 Å². The minimum absolute atomic E-state index is 0.0242. The van der Waals surface area contributed by atoms with Gasteiger partial charge in [0.2, 0.25) is 5.91 Å². The smallest absolute Gasteiger partial charge is 0.320 e. The van der Waals surface area contributed by atoms with Crippen LogP contribution in [0.3, 0.4) is 0 Å².